The first-order chi connectivity index (χ1) is 16.3. The molecule has 0 bridgehead atoms. The first kappa shape index (κ1) is 21.2. The molecule has 0 radical (unpaired) electrons. The molecule has 1 atom stereocenters. The van der Waals surface area contributed by atoms with E-state index in [0.717, 1.165) is 9.80 Å². The van der Waals surface area contributed by atoms with Crippen LogP contribution in [-0.2, 0) is 5.72 Å². The van der Waals surface area contributed by atoms with Crippen LogP contribution in [0.5, 0.6) is 0 Å². The first-order valence-electron chi connectivity index (χ1n) is 10.2. The second-order valence-electron chi connectivity index (χ2n) is 7.78. The van der Waals surface area contributed by atoms with Crippen LogP contribution in [-0.4, -0.2) is 39.2 Å². The molecule has 4 aromatic rings. The van der Waals surface area contributed by atoms with Gasteiger partial charge in [0, 0.05) is 23.7 Å². The highest BCUT2D eigenvalue weighted by Crippen LogP contribution is 2.46. The summed E-state index contributed by atoms with van der Waals surface area (Å²) in [6.45, 7) is 0. The Bertz CT molecular complexity index is 1540. The highest BCUT2D eigenvalue weighted by atomic mass is 19.1. The Kier molecular flexibility index (Phi) is 4.63. The number of nitrogens with one attached hydrogen (secondary N) is 1. The third-order valence-electron chi connectivity index (χ3n) is 5.91. The molecule has 0 spiro atoms. The normalized spacial score (nSPS) is 17.0. The third kappa shape index (κ3) is 2.86. The van der Waals surface area contributed by atoms with Gasteiger partial charge in [-0.1, -0.05) is 36.3 Å². The van der Waals surface area contributed by atoms with E-state index in [0.29, 0.717) is 11.0 Å². The molecule has 0 saturated carbocycles. The number of carbonyl (C=O) groups excluding carboxylic acids is 1. The zero-order valence-corrected chi connectivity index (χ0v) is 17.8. The summed E-state index contributed by atoms with van der Waals surface area (Å²) in [6, 6.07) is 15.4. The molecule has 34 heavy (non-hydrogen) atoms. The number of H-pyrrole nitrogens is 1. The third-order valence-corrected chi connectivity index (χ3v) is 5.91. The van der Waals surface area contributed by atoms with Gasteiger partial charge in [0.2, 0.25) is 5.95 Å². The number of anilines is 2. The molecule has 1 unspecified atom stereocenters. The number of imidazole rings is 1. The number of rotatable bonds is 3. The number of fused-ring (bicyclic) bond motifs is 2. The summed E-state index contributed by atoms with van der Waals surface area (Å²) in [5.74, 6) is 0.928. The molecule has 9 heteroatoms. The minimum absolute atomic E-state index is 0.0472. The van der Waals surface area contributed by atoms with Crippen LogP contribution in [0.2, 0.25) is 0 Å². The number of aromatic nitrogens is 2. The van der Waals surface area contributed by atoms with Crippen molar-refractivity contribution in [2.75, 3.05) is 16.8 Å². The van der Waals surface area contributed by atoms with Gasteiger partial charge in [0.05, 0.1) is 22.3 Å². The van der Waals surface area contributed by atoms with Gasteiger partial charge in [0.25, 0.3) is 5.91 Å². The fourth-order valence-electron chi connectivity index (χ4n) is 4.20. The molecule has 168 valence electrons. The van der Waals surface area contributed by atoms with Gasteiger partial charge in [-0.2, -0.15) is 0 Å². The first-order valence-corrected chi connectivity index (χ1v) is 10.2. The molecular formula is C25H17FN4O4. The zero-order valence-electron chi connectivity index (χ0n) is 17.8. The van der Waals surface area contributed by atoms with Gasteiger partial charge in [-0.3, -0.25) is 14.6 Å². The Balaban J connectivity index is 1.74. The van der Waals surface area contributed by atoms with Crippen molar-refractivity contribution in [2.45, 2.75) is 5.72 Å². The number of amides is 2. The predicted octanol–water partition coefficient (Wildman–Crippen LogP) is 3.65. The zero-order chi connectivity index (χ0) is 24.2. The molecule has 1 aliphatic heterocycles. The second kappa shape index (κ2) is 7.43. The van der Waals surface area contributed by atoms with E-state index in [1.54, 1.807) is 42.5 Å². The van der Waals surface area contributed by atoms with Crippen LogP contribution in [0, 0.1) is 18.2 Å². The number of hydrogen-bond acceptors (Lipinski definition) is 4. The van der Waals surface area contributed by atoms with Crippen LogP contribution in [0.15, 0.2) is 60.7 Å². The molecule has 1 aromatic heterocycles. The molecule has 2 heterocycles. The lowest BCUT2D eigenvalue weighted by Crippen LogP contribution is -2.45. The minimum atomic E-state index is -2.07. The lowest BCUT2D eigenvalue weighted by atomic mass is 9.93. The smallest absolute Gasteiger partial charge is 0.413 e. The number of halogens is 1. The maximum absolute atomic E-state index is 15.3. The number of carboxylic acid groups (broad SMARTS) is 1. The molecule has 5 rings (SSSR count). The number of aromatic amines is 1. The van der Waals surface area contributed by atoms with Crippen LogP contribution in [0.4, 0.5) is 20.8 Å². The average molecular weight is 456 g/mol. The summed E-state index contributed by atoms with van der Waals surface area (Å²) < 4.78 is 15.3. The quantitative estimate of drug-likeness (QED) is 0.408. The molecule has 0 saturated heterocycles. The van der Waals surface area contributed by atoms with Gasteiger partial charge < -0.3 is 15.2 Å². The number of aliphatic hydroxyl groups is 1. The van der Waals surface area contributed by atoms with Crippen molar-refractivity contribution in [1.29, 1.82) is 0 Å². The van der Waals surface area contributed by atoms with Crippen molar-refractivity contribution in [2.24, 2.45) is 0 Å². The highest BCUT2D eigenvalue weighted by Gasteiger charge is 2.51. The van der Waals surface area contributed by atoms with Crippen molar-refractivity contribution in [3.05, 3.63) is 88.7 Å². The second-order valence-corrected chi connectivity index (χ2v) is 7.78. The largest absolute Gasteiger partial charge is 0.465 e. The topological polar surface area (TPSA) is 110 Å². The van der Waals surface area contributed by atoms with Crippen LogP contribution < -0.4 is 9.80 Å². The van der Waals surface area contributed by atoms with E-state index < -0.39 is 23.5 Å². The maximum Gasteiger partial charge on any atom is 0.413 e. The van der Waals surface area contributed by atoms with E-state index in [1.165, 1.54) is 25.2 Å². The fourth-order valence-corrected chi connectivity index (χ4v) is 4.20. The van der Waals surface area contributed by atoms with Crippen molar-refractivity contribution >= 4 is 34.7 Å². The average Bonchev–Trinajstić information content (AvgIpc) is 3.36. The molecule has 0 aliphatic carbocycles. The van der Waals surface area contributed by atoms with Gasteiger partial charge in [-0.25, -0.2) is 14.2 Å². The van der Waals surface area contributed by atoms with Gasteiger partial charge >= 0.3 is 6.09 Å². The molecule has 8 nitrogen and oxygen atoms in total. The van der Waals surface area contributed by atoms with Crippen molar-refractivity contribution in [3.63, 3.8) is 0 Å². The lowest BCUT2D eigenvalue weighted by molar-refractivity contribution is 0.0699. The Morgan fingerprint density at radius 1 is 1.21 bits per heavy atom. The Labute approximate surface area is 192 Å². The Morgan fingerprint density at radius 2 is 1.97 bits per heavy atom. The maximum atomic E-state index is 15.3. The predicted molar refractivity (Wildman–Crippen MR) is 123 cm³/mol. The van der Waals surface area contributed by atoms with Crippen molar-refractivity contribution in [1.82, 2.24) is 9.97 Å². The Morgan fingerprint density at radius 3 is 2.71 bits per heavy atom. The minimum Gasteiger partial charge on any atom is -0.465 e. The highest BCUT2D eigenvalue weighted by molar-refractivity contribution is 6.12. The summed E-state index contributed by atoms with van der Waals surface area (Å²) in [5.41, 5.74) is -0.691. The number of hydrogen-bond donors (Lipinski definition) is 3. The number of carbonyl (C=O) groups is 2. The molecule has 0 fully saturated rings. The summed E-state index contributed by atoms with van der Waals surface area (Å²) >= 11 is 0. The summed E-state index contributed by atoms with van der Waals surface area (Å²) in [7, 11) is 1.34. The van der Waals surface area contributed by atoms with Gasteiger partial charge in [-0.15, -0.1) is 6.42 Å². The number of benzene rings is 3. The van der Waals surface area contributed by atoms with E-state index in [4.69, 9.17) is 6.42 Å². The molecule has 3 N–H and O–H groups in total. The summed E-state index contributed by atoms with van der Waals surface area (Å²) in [5, 5.41) is 21.3. The van der Waals surface area contributed by atoms with Crippen LogP contribution in [0.1, 0.15) is 27.0 Å². The Hall–Kier alpha value is -4.68. The van der Waals surface area contributed by atoms with Gasteiger partial charge in [0.15, 0.2) is 11.5 Å². The van der Waals surface area contributed by atoms with Gasteiger partial charge in [0.1, 0.15) is 0 Å². The lowest BCUT2D eigenvalue weighted by Gasteiger charge is -2.35. The van der Waals surface area contributed by atoms with Crippen LogP contribution in [0.25, 0.3) is 11.0 Å². The monoisotopic (exact) mass is 456 g/mol. The fraction of sp³-hybridized carbons (Fsp3) is 0.0800. The molecule has 3 aromatic carbocycles. The standard InChI is InChI=1S/C25H17FN4O4/c1-3-14-7-6-10-20(21(14)26)30-22(31)16-8-4-5-9-17(16)25(30,34)15-11-12-18-19(13-15)28-23(27-18)29(2)24(32)33/h1,4-13,34H,2H3,(H,27,28)(H,32,33). The van der Waals surface area contributed by atoms with E-state index in [2.05, 4.69) is 15.9 Å². The number of terminal acetylenes is 1. The molecule has 2 amide bonds. The van der Waals surface area contributed by atoms with Gasteiger partial charge in [-0.05, 0) is 30.3 Å². The summed E-state index contributed by atoms with van der Waals surface area (Å²) in [4.78, 5) is 33.8. The number of nitrogens with zero attached hydrogens (tertiary/aromatic N) is 3. The van der Waals surface area contributed by atoms with Crippen molar-refractivity contribution in [3.8, 4) is 12.3 Å². The van der Waals surface area contributed by atoms with Crippen molar-refractivity contribution < 1.29 is 24.2 Å². The van der Waals surface area contributed by atoms with E-state index in [1.807, 2.05) is 0 Å². The SMILES string of the molecule is C#Cc1cccc(N2C(=O)c3ccccc3C2(O)c2ccc3nc(N(C)C(=O)O)[nH]c3c2)c1F. The van der Waals surface area contributed by atoms with E-state index in [9.17, 15) is 19.8 Å². The summed E-state index contributed by atoms with van der Waals surface area (Å²) in [6.07, 6.45) is 4.21. The molecular weight excluding hydrogens is 439 g/mol. The molecule has 1 aliphatic rings. The van der Waals surface area contributed by atoms with Crippen LogP contribution >= 0.6 is 0 Å². The van der Waals surface area contributed by atoms with E-state index >= 15 is 4.39 Å². The van der Waals surface area contributed by atoms with E-state index in [-0.39, 0.29) is 33.9 Å². The van der Waals surface area contributed by atoms with Crippen LogP contribution in [0.3, 0.4) is 0 Å².